The molecule has 0 saturated carbocycles. The lowest BCUT2D eigenvalue weighted by molar-refractivity contribution is -0.125. The van der Waals surface area contributed by atoms with Gasteiger partial charge in [-0.15, -0.1) is 0 Å². The van der Waals surface area contributed by atoms with Gasteiger partial charge in [-0.25, -0.2) is 4.98 Å². The van der Waals surface area contributed by atoms with Crippen LogP contribution in [0, 0.1) is 11.3 Å². The maximum absolute atomic E-state index is 12.8. The number of aromatic amines is 1. The second-order valence-electron chi connectivity index (χ2n) is 7.37. The van der Waals surface area contributed by atoms with Gasteiger partial charge in [0, 0.05) is 25.1 Å². The lowest BCUT2D eigenvalue weighted by Crippen LogP contribution is -2.34. The van der Waals surface area contributed by atoms with Gasteiger partial charge in [0.1, 0.15) is 5.82 Å². The second-order valence-corrected chi connectivity index (χ2v) is 7.37. The number of nitrogens with one attached hydrogen (secondary N) is 2. The fraction of sp³-hybridized carbons (Fsp3) is 0.280. The van der Waals surface area contributed by atoms with Crippen LogP contribution in [0.25, 0.3) is 11.3 Å². The molecule has 1 aromatic heterocycles. The summed E-state index contributed by atoms with van der Waals surface area (Å²) in [6, 6.07) is 20.9. The molecule has 0 spiro atoms. The number of H-pyrrole nitrogens is 1. The topological polar surface area (TPSA) is 102 Å². The maximum atomic E-state index is 12.8. The number of benzene rings is 2. The molecule has 7 nitrogen and oxygen atoms in total. The third kappa shape index (κ3) is 6.05. The number of imidazole rings is 1. The highest BCUT2D eigenvalue weighted by Gasteiger charge is 2.20. The Morgan fingerprint density at radius 2 is 1.78 bits per heavy atom. The number of nitrogens with zero attached hydrogens (tertiary/aromatic N) is 3. The molecule has 0 bridgehead atoms. The molecule has 0 aliphatic heterocycles. The largest absolute Gasteiger partial charge is 0.346 e. The van der Waals surface area contributed by atoms with Gasteiger partial charge >= 0.3 is 0 Å². The zero-order valence-electron chi connectivity index (χ0n) is 18.1. The van der Waals surface area contributed by atoms with Crippen molar-refractivity contribution in [2.75, 3.05) is 11.4 Å². The molecule has 1 unspecified atom stereocenters. The van der Waals surface area contributed by atoms with Crippen molar-refractivity contribution in [1.29, 1.82) is 5.26 Å². The first-order chi connectivity index (χ1) is 15.6. The molecule has 1 atom stereocenters. The van der Waals surface area contributed by atoms with Gasteiger partial charge in [0.15, 0.2) is 0 Å². The third-order valence-electron chi connectivity index (χ3n) is 5.14. The maximum Gasteiger partial charge on any atom is 0.227 e. The first-order valence-electron chi connectivity index (χ1n) is 10.7. The summed E-state index contributed by atoms with van der Waals surface area (Å²) >= 11 is 0. The summed E-state index contributed by atoms with van der Waals surface area (Å²) in [5.74, 6) is 0.293. The van der Waals surface area contributed by atoms with Gasteiger partial charge in [-0.05, 0) is 24.1 Å². The van der Waals surface area contributed by atoms with Crippen LogP contribution in [0.2, 0.25) is 0 Å². The molecule has 0 fully saturated rings. The van der Waals surface area contributed by atoms with Crippen molar-refractivity contribution in [2.24, 2.45) is 0 Å². The minimum atomic E-state index is -0.265. The number of rotatable bonds is 10. The van der Waals surface area contributed by atoms with Gasteiger partial charge in [0.05, 0.1) is 30.4 Å². The Balaban J connectivity index is 1.58. The minimum Gasteiger partial charge on any atom is -0.346 e. The molecule has 164 valence electrons. The van der Waals surface area contributed by atoms with Crippen LogP contribution >= 0.6 is 0 Å². The van der Waals surface area contributed by atoms with Crippen LogP contribution in [0.15, 0.2) is 66.9 Å². The number of para-hydroxylation sites is 1. The van der Waals surface area contributed by atoms with Crippen molar-refractivity contribution < 1.29 is 9.59 Å². The van der Waals surface area contributed by atoms with Crippen LogP contribution in [-0.4, -0.2) is 28.3 Å². The van der Waals surface area contributed by atoms with E-state index in [0.29, 0.717) is 18.8 Å². The first kappa shape index (κ1) is 22.8. The quantitative estimate of drug-likeness (QED) is 0.499. The summed E-state index contributed by atoms with van der Waals surface area (Å²) in [7, 11) is 0. The number of amides is 2. The van der Waals surface area contributed by atoms with Gasteiger partial charge in [-0.1, -0.05) is 55.5 Å². The Bertz CT molecular complexity index is 1060. The van der Waals surface area contributed by atoms with E-state index in [2.05, 4.69) is 21.4 Å². The normalized spacial score (nSPS) is 11.4. The summed E-state index contributed by atoms with van der Waals surface area (Å²) in [6.07, 6.45) is 2.79. The third-order valence-corrected chi connectivity index (χ3v) is 5.14. The number of carbonyl (C=O) groups is 2. The van der Waals surface area contributed by atoms with Crippen molar-refractivity contribution in [3.8, 4) is 17.3 Å². The smallest absolute Gasteiger partial charge is 0.227 e. The monoisotopic (exact) mass is 429 g/mol. The van der Waals surface area contributed by atoms with E-state index in [9.17, 15) is 9.59 Å². The number of hydrogen-bond acceptors (Lipinski definition) is 4. The molecule has 2 N–H and O–H groups in total. The highest BCUT2D eigenvalue weighted by atomic mass is 16.2. The van der Waals surface area contributed by atoms with Crippen molar-refractivity contribution in [3.05, 3.63) is 72.7 Å². The van der Waals surface area contributed by atoms with Crippen LogP contribution in [0.3, 0.4) is 0 Å². The Kier molecular flexibility index (Phi) is 8.15. The summed E-state index contributed by atoms with van der Waals surface area (Å²) in [5.41, 5.74) is 2.64. The Morgan fingerprint density at radius 3 is 2.44 bits per heavy atom. The summed E-state index contributed by atoms with van der Waals surface area (Å²) < 4.78 is 0. The zero-order valence-corrected chi connectivity index (χ0v) is 18.1. The summed E-state index contributed by atoms with van der Waals surface area (Å²) in [4.78, 5) is 34.6. The van der Waals surface area contributed by atoms with Crippen LogP contribution in [0.1, 0.15) is 44.5 Å². The van der Waals surface area contributed by atoms with E-state index >= 15 is 0 Å². The Labute approximate surface area is 188 Å². The van der Waals surface area contributed by atoms with E-state index in [4.69, 9.17) is 5.26 Å². The highest BCUT2D eigenvalue weighted by molar-refractivity contribution is 5.95. The molecule has 3 aromatic rings. The molecular formula is C25H27N5O2. The number of aromatic nitrogens is 2. The van der Waals surface area contributed by atoms with Gasteiger partial charge in [0.25, 0.3) is 0 Å². The zero-order chi connectivity index (χ0) is 22.8. The van der Waals surface area contributed by atoms with Crippen molar-refractivity contribution in [2.45, 2.75) is 38.6 Å². The number of anilines is 1. The SMILES string of the molecule is CCC(NC(=O)CCC(=O)N(CCC#N)c1ccccc1)c1ncc(-c2ccccc2)[nH]1. The number of hydrogen-bond donors (Lipinski definition) is 2. The van der Waals surface area contributed by atoms with Crippen LogP contribution in [-0.2, 0) is 9.59 Å². The van der Waals surface area contributed by atoms with Crippen molar-refractivity contribution in [1.82, 2.24) is 15.3 Å². The fourth-order valence-electron chi connectivity index (χ4n) is 3.43. The van der Waals surface area contributed by atoms with E-state index in [-0.39, 0.29) is 37.1 Å². The molecule has 7 heteroatoms. The molecule has 0 aliphatic carbocycles. The predicted molar refractivity (Wildman–Crippen MR) is 123 cm³/mol. The van der Waals surface area contributed by atoms with Crippen molar-refractivity contribution >= 4 is 17.5 Å². The molecule has 2 aromatic carbocycles. The van der Waals surface area contributed by atoms with Crippen LogP contribution in [0.4, 0.5) is 5.69 Å². The van der Waals surface area contributed by atoms with Crippen LogP contribution in [0.5, 0.6) is 0 Å². The fourth-order valence-corrected chi connectivity index (χ4v) is 3.43. The van der Waals surface area contributed by atoms with E-state index in [0.717, 1.165) is 16.9 Å². The molecular weight excluding hydrogens is 402 g/mol. The lowest BCUT2D eigenvalue weighted by atomic mass is 10.1. The first-order valence-corrected chi connectivity index (χ1v) is 10.7. The molecule has 3 rings (SSSR count). The minimum absolute atomic E-state index is 0.0655. The summed E-state index contributed by atoms with van der Waals surface area (Å²) in [6.45, 7) is 2.27. The van der Waals surface area contributed by atoms with Gasteiger partial charge < -0.3 is 15.2 Å². The number of nitriles is 1. The standard InChI is InChI=1S/C25H27N5O2/c1-2-21(25-27-18-22(29-25)19-10-5-3-6-11-19)28-23(31)14-15-24(32)30(17-9-16-26)20-12-7-4-8-13-20/h3-8,10-13,18,21H,2,9,14-15,17H2,1H3,(H,27,29)(H,28,31). The average molecular weight is 430 g/mol. The average Bonchev–Trinajstić information content (AvgIpc) is 3.33. The number of carbonyl (C=O) groups excluding carboxylic acids is 2. The van der Waals surface area contributed by atoms with E-state index in [1.54, 1.807) is 11.1 Å². The molecule has 0 radical (unpaired) electrons. The second kappa shape index (κ2) is 11.5. The molecule has 32 heavy (non-hydrogen) atoms. The van der Waals surface area contributed by atoms with E-state index < -0.39 is 0 Å². The van der Waals surface area contributed by atoms with Crippen molar-refractivity contribution in [3.63, 3.8) is 0 Å². The molecule has 1 heterocycles. The lowest BCUT2D eigenvalue weighted by Gasteiger charge is -2.22. The van der Waals surface area contributed by atoms with E-state index in [1.165, 1.54) is 0 Å². The van der Waals surface area contributed by atoms with Crippen LogP contribution < -0.4 is 10.2 Å². The van der Waals surface area contributed by atoms with E-state index in [1.807, 2.05) is 67.6 Å². The Hall–Kier alpha value is -3.92. The van der Waals surface area contributed by atoms with Gasteiger partial charge in [-0.2, -0.15) is 5.26 Å². The highest BCUT2D eigenvalue weighted by Crippen LogP contribution is 2.21. The predicted octanol–water partition coefficient (Wildman–Crippen LogP) is 4.37. The molecule has 0 saturated heterocycles. The molecule has 0 aliphatic rings. The Morgan fingerprint density at radius 1 is 1.09 bits per heavy atom. The summed E-state index contributed by atoms with van der Waals surface area (Å²) in [5, 5.41) is 11.9. The molecule has 2 amide bonds. The van der Waals surface area contributed by atoms with Gasteiger partial charge in [-0.3, -0.25) is 9.59 Å². The van der Waals surface area contributed by atoms with Gasteiger partial charge in [0.2, 0.25) is 11.8 Å².